The number of benzene rings is 1. The van der Waals surface area contributed by atoms with E-state index in [0.717, 1.165) is 0 Å². The molecule has 0 fully saturated rings. The van der Waals surface area contributed by atoms with E-state index in [-0.39, 0.29) is 6.42 Å². The average Bonchev–Trinajstić information content (AvgIpc) is 2.80. The molecule has 0 aliphatic heterocycles. The second-order valence-corrected chi connectivity index (χ2v) is 3.55. The third-order valence-electron chi connectivity index (χ3n) is 2.26. The Morgan fingerprint density at radius 2 is 2.06 bits per heavy atom. The Labute approximate surface area is 98.4 Å². The Morgan fingerprint density at radius 1 is 1.24 bits per heavy atom. The van der Waals surface area contributed by atoms with Gasteiger partial charge in [-0.2, -0.15) is 0 Å². The molecule has 0 spiro atoms. The molecule has 0 aliphatic rings. The first-order valence-electron chi connectivity index (χ1n) is 5.20. The van der Waals surface area contributed by atoms with Crippen molar-refractivity contribution in [1.29, 1.82) is 0 Å². The quantitative estimate of drug-likeness (QED) is 0.860. The van der Waals surface area contributed by atoms with Crippen LogP contribution in [-0.2, 0) is 17.8 Å². The first-order chi connectivity index (χ1) is 8.25. The number of carboxylic acids is 1. The molecular weight excluding hydrogens is 220 g/mol. The van der Waals surface area contributed by atoms with Crippen molar-refractivity contribution < 1.29 is 19.1 Å². The lowest BCUT2D eigenvalue weighted by Gasteiger charge is -2.08. The molecule has 1 aromatic heterocycles. The number of hydrogen-bond donors (Lipinski definition) is 1. The molecule has 1 aromatic carbocycles. The molecule has 2 aromatic rings. The SMILES string of the molecule is O=C(O)Cc1ccccc1OCc1ccco1. The summed E-state index contributed by atoms with van der Waals surface area (Å²) >= 11 is 0. The number of para-hydroxylation sites is 1. The lowest BCUT2D eigenvalue weighted by molar-refractivity contribution is -0.136. The van der Waals surface area contributed by atoms with Gasteiger partial charge in [0.1, 0.15) is 18.1 Å². The Kier molecular flexibility index (Phi) is 3.45. The van der Waals surface area contributed by atoms with Gasteiger partial charge in [-0.15, -0.1) is 0 Å². The molecule has 0 atom stereocenters. The summed E-state index contributed by atoms with van der Waals surface area (Å²) in [4.78, 5) is 10.7. The number of rotatable bonds is 5. The fourth-order valence-corrected chi connectivity index (χ4v) is 1.50. The van der Waals surface area contributed by atoms with Gasteiger partial charge in [0.05, 0.1) is 12.7 Å². The highest BCUT2D eigenvalue weighted by Gasteiger charge is 2.07. The van der Waals surface area contributed by atoms with Crippen molar-refractivity contribution in [2.45, 2.75) is 13.0 Å². The standard InChI is InChI=1S/C13H12O4/c14-13(15)8-10-4-1-2-6-12(10)17-9-11-5-3-7-16-11/h1-7H,8-9H2,(H,14,15). The summed E-state index contributed by atoms with van der Waals surface area (Å²) in [5, 5.41) is 8.77. The monoisotopic (exact) mass is 232 g/mol. The number of ether oxygens (including phenoxy) is 1. The van der Waals surface area contributed by atoms with Gasteiger partial charge in [0, 0.05) is 5.56 Å². The molecule has 4 nitrogen and oxygen atoms in total. The maximum absolute atomic E-state index is 10.7. The zero-order valence-corrected chi connectivity index (χ0v) is 9.13. The molecular formula is C13H12O4. The first-order valence-corrected chi connectivity index (χ1v) is 5.20. The van der Waals surface area contributed by atoms with E-state index in [2.05, 4.69) is 0 Å². The number of furan rings is 1. The number of aliphatic carboxylic acids is 1. The minimum Gasteiger partial charge on any atom is -0.485 e. The zero-order chi connectivity index (χ0) is 12.1. The molecule has 0 saturated heterocycles. The second kappa shape index (κ2) is 5.21. The van der Waals surface area contributed by atoms with Crippen molar-refractivity contribution in [2.75, 3.05) is 0 Å². The topological polar surface area (TPSA) is 59.7 Å². The van der Waals surface area contributed by atoms with Crippen LogP contribution >= 0.6 is 0 Å². The highest BCUT2D eigenvalue weighted by molar-refractivity contribution is 5.71. The van der Waals surface area contributed by atoms with Crippen LogP contribution in [0.3, 0.4) is 0 Å². The van der Waals surface area contributed by atoms with Gasteiger partial charge >= 0.3 is 5.97 Å². The van der Waals surface area contributed by atoms with Crippen LogP contribution in [-0.4, -0.2) is 11.1 Å². The molecule has 0 bridgehead atoms. The van der Waals surface area contributed by atoms with Gasteiger partial charge < -0.3 is 14.3 Å². The predicted molar refractivity (Wildman–Crippen MR) is 60.8 cm³/mol. The molecule has 0 saturated carbocycles. The Bertz CT molecular complexity index is 488. The molecule has 1 N–H and O–H groups in total. The van der Waals surface area contributed by atoms with E-state index in [4.69, 9.17) is 14.3 Å². The minimum absolute atomic E-state index is 0.0473. The zero-order valence-electron chi connectivity index (χ0n) is 9.13. The lowest BCUT2D eigenvalue weighted by atomic mass is 10.1. The van der Waals surface area contributed by atoms with E-state index in [1.807, 2.05) is 6.07 Å². The van der Waals surface area contributed by atoms with Gasteiger partial charge in [-0.3, -0.25) is 4.79 Å². The second-order valence-electron chi connectivity index (χ2n) is 3.55. The smallest absolute Gasteiger partial charge is 0.307 e. The Hall–Kier alpha value is -2.23. The first kappa shape index (κ1) is 11.3. The Balaban J connectivity index is 2.06. The average molecular weight is 232 g/mol. The van der Waals surface area contributed by atoms with Crippen LogP contribution in [0.15, 0.2) is 47.1 Å². The summed E-state index contributed by atoms with van der Waals surface area (Å²) in [5.41, 5.74) is 0.659. The highest BCUT2D eigenvalue weighted by Crippen LogP contribution is 2.20. The minimum atomic E-state index is -0.876. The van der Waals surface area contributed by atoms with E-state index < -0.39 is 5.97 Å². The number of carbonyl (C=O) groups is 1. The van der Waals surface area contributed by atoms with E-state index in [0.29, 0.717) is 23.7 Å². The normalized spacial score (nSPS) is 10.1. The number of hydrogen-bond acceptors (Lipinski definition) is 3. The van der Waals surface area contributed by atoms with Crippen LogP contribution < -0.4 is 4.74 Å². The van der Waals surface area contributed by atoms with Crippen LogP contribution in [0.4, 0.5) is 0 Å². The molecule has 0 radical (unpaired) electrons. The van der Waals surface area contributed by atoms with Crippen molar-refractivity contribution in [1.82, 2.24) is 0 Å². The fraction of sp³-hybridized carbons (Fsp3) is 0.154. The van der Waals surface area contributed by atoms with Crippen LogP contribution in [0.25, 0.3) is 0 Å². The third-order valence-corrected chi connectivity index (χ3v) is 2.26. The maximum atomic E-state index is 10.7. The largest absolute Gasteiger partial charge is 0.485 e. The van der Waals surface area contributed by atoms with E-state index >= 15 is 0 Å². The van der Waals surface area contributed by atoms with Gasteiger partial charge in [0.2, 0.25) is 0 Å². The van der Waals surface area contributed by atoms with Crippen molar-refractivity contribution in [3.8, 4) is 5.75 Å². The maximum Gasteiger partial charge on any atom is 0.307 e. The molecule has 88 valence electrons. The summed E-state index contributed by atoms with van der Waals surface area (Å²) in [5.74, 6) is 0.403. The van der Waals surface area contributed by atoms with Crippen molar-refractivity contribution >= 4 is 5.97 Å². The summed E-state index contributed by atoms with van der Waals surface area (Å²) < 4.78 is 10.7. The number of carboxylic acid groups (broad SMARTS) is 1. The molecule has 0 amide bonds. The van der Waals surface area contributed by atoms with Gasteiger partial charge in [-0.05, 0) is 18.2 Å². The molecule has 0 unspecified atom stereocenters. The lowest BCUT2D eigenvalue weighted by Crippen LogP contribution is -2.03. The van der Waals surface area contributed by atoms with Crippen molar-refractivity contribution in [2.24, 2.45) is 0 Å². The van der Waals surface area contributed by atoms with Gasteiger partial charge in [-0.25, -0.2) is 0 Å². The third kappa shape index (κ3) is 3.11. The van der Waals surface area contributed by atoms with Crippen LogP contribution in [0, 0.1) is 0 Å². The molecule has 4 heteroatoms. The van der Waals surface area contributed by atoms with Crippen molar-refractivity contribution in [3.63, 3.8) is 0 Å². The Morgan fingerprint density at radius 3 is 2.76 bits per heavy atom. The molecule has 0 aliphatic carbocycles. The van der Waals surface area contributed by atoms with Crippen LogP contribution in [0.5, 0.6) is 5.75 Å². The van der Waals surface area contributed by atoms with Crippen molar-refractivity contribution in [3.05, 3.63) is 54.0 Å². The highest BCUT2D eigenvalue weighted by atomic mass is 16.5. The van der Waals surface area contributed by atoms with Gasteiger partial charge in [-0.1, -0.05) is 18.2 Å². The summed E-state index contributed by atoms with van der Waals surface area (Å²) in [6, 6.07) is 10.7. The van der Waals surface area contributed by atoms with E-state index in [9.17, 15) is 4.79 Å². The van der Waals surface area contributed by atoms with Crippen LogP contribution in [0.2, 0.25) is 0 Å². The van der Waals surface area contributed by atoms with Crippen LogP contribution in [0.1, 0.15) is 11.3 Å². The molecule has 17 heavy (non-hydrogen) atoms. The fourth-order valence-electron chi connectivity index (χ4n) is 1.50. The van der Waals surface area contributed by atoms with Gasteiger partial charge in [0.25, 0.3) is 0 Å². The van der Waals surface area contributed by atoms with E-state index in [1.54, 1.807) is 36.6 Å². The summed E-state index contributed by atoms with van der Waals surface area (Å²) in [6.07, 6.45) is 1.52. The molecule has 2 rings (SSSR count). The molecule has 1 heterocycles. The predicted octanol–water partition coefficient (Wildman–Crippen LogP) is 2.49. The van der Waals surface area contributed by atoms with E-state index in [1.165, 1.54) is 0 Å². The summed E-state index contributed by atoms with van der Waals surface area (Å²) in [6.45, 7) is 0.295. The van der Waals surface area contributed by atoms with Gasteiger partial charge in [0.15, 0.2) is 0 Å². The summed E-state index contributed by atoms with van der Waals surface area (Å²) in [7, 11) is 0.